The Bertz CT molecular complexity index is 242. The van der Waals surface area contributed by atoms with Crippen LogP contribution in [0.5, 0.6) is 0 Å². The molecule has 1 aliphatic rings. The summed E-state index contributed by atoms with van der Waals surface area (Å²) in [5, 5.41) is 5.13. The van der Waals surface area contributed by atoms with E-state index in [4.69, 9.17) is 0 Å². The van der Waals surface area contributed by atoms with E-state index < -0.39 is 6.61 Å². The summed E-state index contributed by atoms with van der Waals surface area (Å²) >= 11 is 0. The predicted octanol–water partition coefficient (Wildman–Crippen LogP) is 1.24. The summed E-state index contributed by atoms with van der Waals surface area (Å²) in [6.45, 7) is 3.10. The highest BCUT2D eigenvalue weighted by Gasteiger charge is 2.27. The van der Waals surface area contributed by atoms with Crippen molar-refractivity contribution in [1.29, 1.82) is 0 Å². The second-order valence-corrected chi connectivity index (χ2v) is 2.45. The maximum absolute atomic E-state index is 11.9. The van der Waals surface area contributed by atoms with Gasteiger partial charge in [-0.05, 0) is 6.92 Å². The summed E-state index contributed by atoms with van der Waals surface area (Å²) in [6.07, 6.45) is 0. The molecule has 4 nitrogen and oxygen atoms in total. The van der Waals surface area contributed by atoms with E-state index in [1.807, 2.05) is 0 Å². The Labute approximate surface area is 75.1 Å². The van der Waals surface area contributed by atoms with Crippen LogP contribution in [0.25, 0.3) is 0 Å². The van der Waals surface area contributed by atoms with Gasteiger partial charge in [-0.2, -0.15) is 8.78 Å². The summed E-state index contributed by atoms with van der Waals surface area (Å²) in [5.41, 5.74) is 0. The maximum Gasteiger partial charge on any atom is 0.389 e. The van der Waals surface area contributed by atoms with E-state index in [2.05, 4.69) is 16.4 Å². The van der Waals surface area contributed by atoms with Crippen molar-refractivity contribution in [3.63, 3.8) is 0 Å². The lowest BCUT2D eigenvalue weighted by Gasteiger charge is -2.18. The second-order valence-electron chi connectivity index (χ2n) is 2.45. The number of hydrogen-bond donors (Lipinski definition) is 0. The molecular weight excluding hydrogens is 180 g/mol. The highest BCUT2D eigenvalue weighted by molar-refractivity contribution is 5.77. The van der Waals surface area contributed by atoms with Crippen LogP contribution < -0.4 is 0 Å². The van der Waals surface area contributed by atoms with E-state index in [0.29, 0.717) is 12.4 Å². The first-order valence-electron chi connectivity index (χ1n) is 3.79. The molecule has 0 amide bonds. The van der Waals surface area contributed by atoms with E-state index >= 15 is 0 Å². The molecule has 74 valence electrons. The molecule has 0 atom stereocenters. The lowest BCUT2D eigenvalue weighted by atomic mass is 10.6. The molecule has 1 rings (SSSR count). The quantitative estimate of drug-likeness (QED) is 0.657. The monoisotopic (exact) mass is 191 g/mol. The predicted molar refractivity (Wildman–Crippen MR) is 43.8 cm³/mol. The molecule has 0 bridgehead atoms. The first-order chi connectivity index (χ1) is 6.06. The van der Waals surface area contributed by atoms with Crippen LogP contribution >= 0.6 is 0 Å². The third kappa shape index (κ3) is 1.88. The number of rotatable bonds is 2. The number of ether oxygens (including phenoxy) is 1. The molecule has 13 heavy (non-hydrogen) atoms. The molecular formula is C7H11F2N3O. The summed E-state index contributed by atoms with van der Waals surface area (Å²) < 4.78 is 27.9. The van der Waals surface area contributed by atoms with Gasteiger partial charge in [-0.25, -0.2) is 5.01 Å². The van der Waals surface area contributed by atoms with Gasteiger partial charge in [0.2, 0.25) is 0 Å². The minimum atomic E-state index is -2.85. The van der Waals surface area contributed by atoms with Crippen molar-refractivity contribution in [2.45, 2.75) is 13.5 Å². The van der Waals surface area contributed by atoms with E-state index in [0.717, 1.165) is 0 Å². The van der Waals surface area contributed by atoms with Crippen molar-refractivity contribution >= 4 is 6.02 Å². The Hall–Kier alpha value is -1.33. The summed E-state index contributed by atoms with van der Waals surface area (Å²) in [4.78, 5) is 1.46. The van der Waals surface area contributed by atoms with Gasteiger partial charge in [0.05, 0.1) is 0 Å². The van der Waals surface area contributed by atoms with E-state index in [9.17, 15) is 8.78 Å². The fraction of sp³-hybridized carbons (Fsp3) is 0.571. The molecule has 1 heterocycles. The highest BCUT2D eigenvalue weighted by atomic mass is 19.3. The maximum atomic E-state index is 11.9. The van der Waals surface area contributed by atoms with Gasteiger partial charge in [-0.15, -0.1) is 5.10 Å². The Morgan fingerprint density at radius 3 is 2.69 bits per heavy atom. The van der Waals surface area contributed by atoms with Gasteiger partial charge in [-0.1, -0.05) is 6.58 Å². The minimum absolute atomic E-state index is 0.106. The fourth-order valence-corrected chi connectivity index (χ4v) is 1.01. The molecule has 0 aliphatic carbocycles. The number of halogens is 2. The zero-order valence-electron chi connectivity index (χ0n) is 7.50. The SMILES string of the molecule is C=C1N(C)N=C(OC(F)F)N1CC. The zero-order chi connectivity index (χ0) is 10.0. The van der Waals surface area contributed by atoms with Crippen molar-refractivity contribution in [3.8, 4) is 0 Å². The number of amidine groups is 1. The molecule has 0 aromatic rings. The van der Waals surface area contributed by atoms with Crippen molar-refractivity contribution in [3.05, 3.63) is 12.4 Å². The van der Waals surface area contributed by atoms with Gasteiger partial charge < -0.3 is 4.74 Å². The highest BCUT2D eigenvalue weighted by Crippen LogP contribution is 2.17. The Morgan fingerprint density at radius 1 is 1.62 bits per heavy atom. The van der Waals surface area contributed by atoms with Gasteiger partial charge in [-0.3, -0.25) is 4.90 Å². The molecule has 0 radical (unpaired) electrons. The molecule has 0 N–H and O–H groups in total. The van der Waals surface area contributed by atoms with Crippen LogP contribution in [-0.2, 0) is 4.74 Å². The Morgan fingerprint density at radius 2 is 2.23 bits per heavy atom. The first-order valence-corrected chi connectivity index (χ1v) is 3.79. The van der Waals surface area contributed by atoms with Gasteiger partial charge in [0, 0.05) is 13.6 Å². The molecule has 0 unspecified atom stereocenters. The normalized spacial score (nSPS) is 17.0. The van der Waals surface area contributed by atoms with Crippen LogP contribution in [0.15, 0.2) is 17.5 Å². The Kier molecular flexibility index (Phi) is 2.69. The smallest absolute Gasteiger partial charge is 0.389 e. The first kappa shape index (κ1) is 9.76. The minimum Gasteiger partial charge on any atom is -0.401 e. The van der Waals surface area contributed by atoms with Crippen LogP contribution in [0.1, 0.15) is 6.92 Å². The van der Waals surface area contributed by atoms with E-state index in [-0.39, 0.29) is 6.02 Å². The van der Waals surface area contributed by atoms with Gasteiger partial charge >= 0.3 is 12.6 Å². The van der Waals surface area contributed by atoms with Crippen molar-refractivity contribution in [1.82, 2.24) is 9.91 Å². The molecule has 0 fully saturated rings. The number of alkyl halides is 2. The largest absolute Gasteiger partial charge is 0.401 e. The summed E-state index contributed by atoms with van der Waals surface area (Å²) in [6, 6.07) is -0.106. The number of nitrogens with zero attached hydrogens (tertiary/aromatic N) is 3. The van der Waals surface area contributed by atoms with E-state index in [1.54, 1.807) is 14.0 Å². The van der Waals surface area contributed by atoms with Crippen LogP contribution in [0.3, 0.4) is 0 Å². The molecule has 0 aromatic heterocycles. The van der Waals surface area contributed by atoms with Gasteiger partial charge in [0.25, 0.3) is 0 Å². The van der Waals surface area contributed by atoms with E-state index in [1.165, 1.54) is 9.91 Å². The van der Waals surface area contributed by atoms with Crippen LogP contribution in [-0.4, -0.2) is 36.1 Å². The average molecular weight is 191 g/mol. The molecule has 0 aromatic carbocycles. The topological polar surface area (TPSA) is 28.1 Å². The standard InChI is InChI=1S/C7H11F2N3O/c1-4-12-5(2)11(3)10-7(12)13-6(8)9/h6H,2,4H2,1,3H3. The molecule has 0 saturated carbocycles. The zero-order valence-corrected chi connectivity index (χ0v) is 7.50. The van der Waals surface area contributed by atoms with Crippen molar-refractivity contribution in [2.24, 2.45) is 5.10 Å². The third-order valence-electron chi connectivity index (χ3n) is 1.66. The number of hydrazone groups is 1. The van der Waals surface area contributed by atoms with Gasteiger partial charge in [0.15, 0.2) is 0 Å². The van der Waals surface area contributed by atoms with Crippen LogP contribution in [0, 0.1) is 0 Å². The van der Waals surface area contributed by atoms with Gasteiger partial charge in [0.1, 0.15) is 5.82 Å². The molecule has 0 saturated heterocycles. The van der Waals surface area contributed by atoms with Crippen LogP contribution in [0.2, 0.25) is 0 Å². The van der Waals surface area contributed by atoms with Crippen molar-refractivity contribution < 1.29 is 13.5 Å². The molecule has 0 spiro atoms. The Balaban J connectivity index is 2.72. The summed E-state index contributed by atoms with van der Waals surface area (Å²) in [7, 11) is 1.62. The third-order valence-corrected chi connectivity index (χ3v) is 1.66. The van der Waals surface area contributed by atoms with Crippen LogP contribution in [0.4, 0.5) is 8.78 Å². The lowest BCUT2D eigenvalue weighted by Crippen LogP contribution is -2.30. The molecule has 1 aliphatic heterocycles. The summed E-state index contributed by atoms with van der Waals surface area (Å²) in [5.74, 6) is 0.526. The fourth-order valence-electron chi connectivity index (χ4n) is 1.01. The molecule has 6 heteroatoms. The number of hydrogen-bond acceptors (Lipinski definition) is 4. The second kappa shape index (κ2) is 3.59. The average Bonchev–Trinajstić information content (AvgIpc) is 2.27. The van der Waals surface area contributed by atoms with Crippen molar-refractivity contribution in [2.75, 3.05) is 13.6 Å². The lowest BCUT2D eigenvalue weighted by molar-refractivity contribution is -0.0681.